The molecule has 5 nitrogen and oxygen atoms in total. The van der Waals surface area contributed by atoms with Gasteiger partial charge in [0, 0.05) is 11.6 Å². The van der Waals surface area contributed by atoms with Gasteiger partial charge in [0.15, 0.2) is 11.5 Å². The maximum absolute atomic E-state index is 12.4. The monoisotopic (exact) mass is 406 g/mol. The van der Waals surface area contributed by atoms with Crippen molar-refractivity contribution < 1.29 is 14.3 Å². The molecule has 2 aromatic carbocycles. The predicted molar refractivity (Wildman–Crippen MR) is 113 cm³/mol. The van der Waals surface area contributed by atoms with Gasteiger partial charge in [0.05, 0.1) is 10.2 Å². The van der Waals surface area contributed by atoms with Crippen LogP contribution in [0, 0.1) is 0 Å². The molecule has 3 heterocycles. The van der Waals surface area contributed by atoms with E-state index in [1.807, 2.05) is 47.8 Å². The lowest BCUT2D eigenvalue weighted by molar-refractivity contribution is -0.111. The molecule has 1 amide bonds. The van der Waals surface area contributed by atoms with Crippen LogP contribution in [-0.2, 0) is 4.79 Å². The summed E-state index contributed by atoms with van der Waals surface area (Å²) in [4.78, 5) is 17.1. The summed E-state index contributed by atoms with van der Waals surface area (Å²) in [5, 5.41) is 6.61. The van der Waals surface area contributed by atoms with Crippen molar-refractivity contribution in [2.75, 3.05) is 12.1 Å². The number of para-hydroxylation sites is 1. The lowest BCUT2D eigenvalue weighted by Crippen LogP contribution is -2.07. The van der Waals surface area contributed by atoms with Crippen LogP contribution in [0.25, 0.3) is 26.9 Å². The average molecular weight is 406 g/mol. The number of thiazole rings is 1. The molecule has 0 saturated carbocycles. The quantitative estimate of drug-likeness (QED) is 0.461. The Morgan fingerprint density at radius 3 is 2.93 bits per heavy atom. The van der Waals surface area contributed by atoms with Gasteiger partial charge in [-0.05, 0) is 47.4 Å². The van der Waals surface area contributed by atoms with Crippen LogP contribution in [0.1, 0.15) is 5.56 Å². The summed E-state index contributed by atoms with van der Waals surface area (Å²) in [6, 6.07) is 15.6. The van der Waals surface area contributed by atoms with E-state index >= 15 is 0 Å². The maximum atomic E-state index is 12.4. The fourth-order valence-electron chi connectivity index (χ4n) is 2.90. The number of anilines is 1. The lowest BCUT2D eigenvalue weighted by Gasteiger charge is -2.02. The van der Waals surface area contributed by atoms with Crippen LogP contribution in [0.2, 0.25) is 0 Å². The smallest absolute Gasteiger partial charge is 0.249 e. The highest BCUT2D eigenvalue weighted by Crippen LogP contribution is 2.37. The Bertz CT molecular complexity index is 1180. The Morgan fingerprint density at radius 1 is 1.11 bits per heavy atom. The molecule has 0 bridgehead atoms. The molecule has 0 spiro atoms. The van der Waals surface area contributed by atoms with Gasteiger partial charge in [0.25, 0.3) is 0 Å². The molecule has 0 fully saturated rings. The number of nitrogens with zero attached hydrogens (tertiary/aromatic N) is 1. The largest absolute Gasteiger partial charge is 0.454 e. The van der Waals surface area contributed by atoms with Gasteiger partial charge in [0.1, 0.15) is 10.0 Å². The molecule has 0 unspecified atom stereocenters. The van der Waals surface area contributed by atoms with Gasteiger partial charge in [0.2, 0.25) is 12.7 Å². The molecular weight excluding hydrogens is 392 g/mol. The summed E-state index contributed by atoms with van der Waals surface area (Å²) in [5.74, 6) is 1.22. The zero-order valence-corrected chi connectivity index (χ0v) is 16.2. The van der Waals surface area contributed by atoms with Gasteiger partial charge in [-0.15, -0.1) is 22.7 Å². The standard InChI is InChI=1S/C21H14N2O3S2/c24-19(8-6-13-5-7-16-17(11-13)26-12-25-16)23-20-14(9-10-27-20)21-22-15-3-1-2-4-18(15)28-21/h1-11H,12H2,(H,23,24)/b8-6+. The first-order chi connectivity index (χ1) is 13.8. The zero-order valence-electron chi connectivity index (χ0n) is 14.5. The molecule has 1 aliphatic heterocycles. The molecule has 4 aromatic rings. The van der Waals surface area contributed by atoms with Crippen LogP contribution in [0.3, 0.4) is 0 Å². The first-order valence-electron chi connectivity index (χ1n) is 8.58. The van der Waals surface area contributed by atoms with E-state index in [0.717, 1.165) is 37.1 Å². The Balaban J connectivity index is 1.34. The van der Waals surface area contributed by atoms with Crippen molar-refractivity contribution >= 4 is 49.9 Å². The Labute approximate surface area is 168 Å². The second kappa shape index (κ2) is 7.10. The third-order valence-electron chi connectivity index (χ3n) is 4.25. The highest BCUT2D eigenvalue weighted by Gasteiger charge is 2.14. The van der Waals surface area contributed by atoms with Crippen molar-refractivity contribution in [3.05, 3.63) is 65.6 Å². The van der Waals surface area contributed by atoms with E-state index in [1.165, 1.54) is 17.4 Å². The molecule has 0 radical (unpaired) electrons. The minimum Gasteiger partial charge on any atom is -0.454 e. The molecule has 2 aromatic heterocycles. The van der Waals surface area contributed by atoms with Crippen molar-refractivity contribution in [3.8, 4) is 22.1 Å². The van der Waals surface area contributed by atoms with Gasteiger partial charge < -0.3 is 14.8 Å². The average Bonchev–Trinajstić information content (AvgIpc) is 3.44. The third kappa shape index (κ3) is 3.26. The predicted octanol–water partition coefficient (Wildman–Crippen LogP) is 5.41. The molecule has 1 N–H and O–H groups in total. The Morgan fingerprint density at radius 2 is 2.00 bits per heavy atom. The fraction of sp³-hybridized carbons (Fsp3) is 0.0476. The lowest BCUT2D eigenvalue weighted by atomic mass is 10.2. The minimum absolute atomic E-state index is 0.192. The number of hydrogen-bond acceptors (Lipinski definition) is 6. The highest BCUT2D eigenvalue weighted by molar-refractivity contribution is 7.22. The van der Waals surface area contributed by atoms with E-state index < -0.39 is 0 Å². The van der Waals surface area contributed by atoms with Crippen molar-refractivity contribution in [1.82, 2.24) is 4.98 Å². The molecule has 1 aliphatic rings. The van der Waals surface area contributed by atoms with E-state index in [-0.39, 0.29) is 12.7 Å². The van der Waals surface area contributed by atoms with Gasteiger partial charge >= 0.3 is 0 Å². The molecule has 7 heteroatoms. The number of hydrogen-bond donors (Lipinski definition) is 1. The van der Waals surface area contributed by atoms with Crippen molar-refractivity contribution in [1.29, 1.82) is 0 Å². The van der Waals surface area contributed by atoms with Crippen LogP contribution in [-0.4, -0.2) is 17.7 Å². The molecule has 138 valence electrons. The van der Waals surface area contributed by atoms with Crippen LogP contribution < -0.4 is 14.8 Å². The van der Waals surface area contributed by atoms with E-state index in [9.17, 15) is 4.79 Å². The second-order valence-electron chi connectivity index (χ2n) is 6.09. The van der Waals surface area contributed by atoms with Crippen LogP contribution >= 0.6 is 22.7 Å². The summed E-state index contributed by atoms with van der Waals surface area (Å²) in [5.41, 5.74) is 2.78. The number of carbonyl (C=O) groups is 1. The van der Waals surface area contributed by atoms with E-state index in [1.54, 1.807) is 17.4 Å². The summed E-state index contributed by atoms with van der Waals surface area (Å²) in [7, 11) is 0. The molecule has 5 rings (SSSR count). The number of nitrogens with one attached hydrogen (secondary N) is 1. The molecular formula is C21H14N2O3S2. The summed E-state index contributed by atoms with van der Waals surface area (Å²) in [6.07, 6.45) is 3.27. The summed E-state index contributed by atoms with van der Waals surface area (Å²) >= 11 is 3.10. The first kappa shape index (κ1) is 17.0. The second-order valence-corrected chi connectivity index (χ2v) is 8.03. The van der Waals surface area contributed by atoms with E-state index in [4.69, 9.17) is 9.47 Å². The number of amides is 1. The summed E-state index contributed by atoms with van der Waals surface area (Å²) in [6.45, 7) is 0.232. The van der Waals surface area contributed by atoms with Gasteiger partial charge in [-0.2, -0.15) is 0 Å². The molecule has 0 aliphatic carbocycles. The van der Waals surface area contributed by atoms with Crippen molar-refractivity contribution in [2.24, 2.45) is 0 Å². The maximum Gasteiger partial charge on any atom is 0.249 e. The van der Waals surface area contributed by atoms with E-state index in [0.29, 0.717) is 5.75 Å². The minimum atomic E-state index is -0.192. The number of rotatable bonds is 4. The van der Waals surface area contributed by atoms with Gasteiger partial charge in [-0.3, -0.25) is 4.79 Å². The first-order valence-corrected chi connectivity index (χ1v) is 10.3. The SMILES string of the molecule is O=C(/C=C/c1ccc2c(c1)OCO2)Nc1sccc1-c1nc2ccccc2s1. The fourth-order valence-corrected chi connectivity index (χ4v) is 4.76. The van der Waals surface area contributed by atoms with Crippen molar-refractivity contribution in [3.63, 3.8) is 0 Å². The third-order valence-corrected chi connectivity index (χ3v) is 6.15. The van der Waals surface area contributed by atoms with Gasteiger partial charge in [-0.25, -0.2) is 4.98 Å². The molecule has 0 saturated heterocycles. The van der Waals surface area contributed by atoms with Crippen molar-refractivity contribution in [2.45, 2.75) is 0 Å². The van der Waals surface area contributed by atoms with Gasteiger partial charge in [-0.1, -0.05) is 18.2 Å². The Kier molecular flexibility index (Phi) is 4.31. The van der Waals surface area contributed by atoms with Crippen LogP contribution in [0.4, 0.5) is 5.00 Å². The number of thiophene rings is 1. The highest BCUT2D eigenvalue weighted by atomic mass is 32.1. The number of ether oxygens (including phenoxy) is 2. The molecule has 28 heavy (non-hydrogen) atoms. The number of carbonyl (C=O) groups excluding carboxylic acids is 1. The Hall–Kier alpha value is -3.16. The zero-order chi connectivity index (χ0) is 18.9. The normalized spacial score (nSPS) is 12.7. The number of benzene rings is 2. The number of fused-ring (bicyclic) bond motifs is 2. The number of aromatic nitrogens is 1. The van der Waals surface area contributed by atoms with Crippen LogP contribution in [0.5, 0.6) is 11.5 Å². The summed E-state index contributed by atoms with van der Waals surface area (Å²) < 4.78 is 11.8. The topological polar surface area (TPSA) is 60.5 Å². The molecule has 0 atom stereocenters. The van der Waals surface area contributed by atoms with E-state index in [2.05, 4.69) is 16.4 Å². The van der Waals surface area contributed by atoms with Crippen LogP contribution in [0.15, 0.2) is 60.0 Å².